The monoisotopic (exact) mass is 468 g/mol. The highest BCUT2D eigenvalue weighted by Gasteiger charge is 2.31. The van der Waals surface area contributed by atoms with E-state index in [1.165, 1.54) is 6.07 Å². The minimum Gasteiger partial charge on any atom is -0.366 e. The molecule has 3 aromatic rings. The van der Waals surface area contributed by atoms with Crippen molar-refractivity contribution >= 4 is 32.4 Å². The number of hydrogen-bond donors (Lipinski definition) is 0. The highest BCUT2D eigenvalue weighted by molar-refractivity contribution is 7.89. The van der Waals surface area contributed by atoms with Gasteiger partial charge in [-0.2, -0.15) is 4.31 Å². The zero-order valence-corrected chi connectivity index (χ0v) is 19.6. The van der Waals surface area contributed by atoms with Crippen LogP contribution in [0.3, 0.4) is 0 Å². The molecule has 6 nitrogen and oxygen atoms in total. The SMILES string of the molecule is C[C@H]1CCCCN1S(=O)(=O)c1ccc2nc(N3CCN(c4ccccc4F)CC3)ccc2c1. The number of sulfonamides is 1. The average molecular weight is 469 g/mol. The van der Waals surface area contributed by atoms with Crippen molar-refractivity contribution in [2.45, 2.75) is 37.1 Å². The second-order valence-corrected chi connectivity index (χ2v) is 10.8. The van der Waals surface area contributed by atoms with Gasteiger partial charge in [-0.1, -0.05) is 18.6 Å². The predicted molar refractivity (Wildman–Crippen MR) is 130 cm³/mol. The van der Waals surface area contributed by atoms with E-state index in [2.05, 4.69) is 9.80 Å². The summed E-state index contributed by atoms with van der Waals surface area (Å²) >= 11 is 0. The first-order valence-corrected chi connectivity index (χ1v) is 13.0. The Balaban J connectivity index is 1.33. The Labute approximate surface area is 194 Å². The van der Waals surface area contributed by atoms with Crippen LogP contribution in [0.5, 0.6) is 0 Å². The number of piperazine rings is 1. The maximum atomic E-state index is 14.1. The molecule has 0 spiro atoms. The first-order chi connectivity index (χ1) is 15.9. The molecule has 1 aromatic heterocycles. The summed E-state index contributed by atoms with van der Waals surface area (Å²) in [4.78, 5) is 9.37. The fraction of sp³-hybridized carbons (Fsp3) is 0.400. The summed E-state index contributed by atoms with van der Waals surface area (Å²) in [5, 5.41) is 0.814. The fourth-order valence-electron chi connectivity index (χ4n) is 4.88. The number of nitrogens with zero attached hydrogens (tertiary/aromatic N) is 4. The van der Waals surface area contributed by atoms with E-state index in [-0.39, 0.29) is 11.9 Å². The topological polar surface area (TPSA) is 56.8 Å². The van der Waals surface area contributed by atoms with Crippen LogP contribution in [0, 0.1) is 5.82 Å². The van der Waals surface area contributed by atoms with Crippen molar-refractivity contribution in [3.8, 4) is 0 Å². The van der Waals surface area contributed by atoms with Gasteiger partial charge in [0, 0.05) is 44.2 Å². The highest BCUT2D eigenvalue weighted by Crippen LogP contribution is 2.28. The van der Waals surface area contributed by atoms with Crippen molar-refractivity contribution in [1.29, 1.82) is 0 Å². The molecule has 2 saturated heterocycles. The predicted octanol–water partition coefficient (Wildman–Crippen LogP) is 4.26. The molecular weight excluding hydrogens is 439 g/mol. The molecule has 3 heterocycles. The Morgan fingerprint density at radius 1 is 0.909 bits per heavy atom. The Kier molecular flexibility index (Phi) is 5.97. The molecule has 174 valence electrons. The van der Waals surface area contributed by atoms with Gasteiger partial charge in [-0.25, -0.2) is 17.8 Å². The Hall–Kier alpha value is -2.71. The van der Waals surface area contributed by atoms with E-state index in [1.54, 1.807) is 28.6 Å². The lowest BCUT2D eigenvalue weighted by Crippen LogP contribution is -2.47. The average Bonchev–Trinajstić information content (AvgIpc) is 2.84. The molecule has 0 bridgehead atoms. The second kappa shape index (κ2) is 8.91. The summed E-state index contributed by atoms with van der Waals surface area (Å²) in [7, 11) is -3.51. The number of anilines is 2. The number of benzene rings is 2. The van der Waals surface area contributed by atoms with Crippen LogP contribution in [0.1, 0.15) is 26.2 Å². The van der Waals surface area contributed by atoms with E-state index in [0.717, 1.165) is 49.1 Å². The minimum absolute atomic E-state index is 0.0305. The number of halogens is 1. The van der Waals surface area contributed by atoms with Crippen molar-refractivity contribution in [3.63, 3.8) is 0 Å². The van der Waals surface area contributed by atoms with Crippen LogP contribution < -0.4 is 9.80 Å². The molecule has 2 aliphatic heterocycles. The molecule has 33 heavy (non-hydrogen) atoms. The van der Waals surface area contributed by atoms with E-state index >= 15 is 0 Å². The van der Waals surface area contributed by atoms with Gasteiger partial charge in [-0.05, 0) is 62.2 Å². The molecule has 5 rings (SSSR count). The third kappa shape index (κ3) is 4.29. The van der Waals surface area contributed by atoms with Gasteiger partial charge >= 0.3 is 0 Å². The van der Waals surface area contributed by atoms with Crippen molar-refractivity contribution in [2.24, 2.45) is 0 Å². The number of piperidine rings is 1. The molecule has 0 aliphatic carbocycles. The molecule has 0 radical (unpaired) electrons. The molecule has 0 unspecified atom stereocenters. The molecule has 0 amide bonds. The fourth-order valence-corrected chi connectivity index (χ4v) is 6.61. The molecule has 1 atom stereocenters. The summed E-state index contributed by atoms with van der Waals surface area (Å²) < 4.78 is 42.1. The number of rotatable bonds is 4. The van der Waals surface area contributed by atoms with Gasteiger partial charge in [0.2, 0.25) is 10.0 Å². The number of pyridine rings is 1. The standard InChI is InChI=1S/C25H29FN4O2S/c1-19-6-4-5-13-30(19)33(31,32)21-10-11-23-20(18-21)9-12-25(27-23)29-16-14-28(15-17-29)24-8-3-2-7-22(24)26/h2-3,7-12,18-19H,4-6,13-17H2,1H3/t19-/m0/s1. The van der Waals surface area contributed by atoms with Crippen molar-refractivity contribution in [2.75, 3.05) is 42.5 Å². The normalized spacial score (nSPS) is 20.4. The van der Waals surface area contributed by atoms with Crippen LogP contribution in [-0.4, -0.2) is 56.5 Å². The van der Waals surface area contributed by atoms with Gasteiger partial charge in [0.15, 0.2) is 0 Å². The zero-order valence-electron chi connectivity index (χ0n) is 18.8. The van der Waals surface area contributed by atoms with Crippen LogP contribution >= 0.6 is 0 Å². The van der Waals surface area contributed by atoms with Crippen LogP contribution in [0.4, 0.5) is 15.9 Å². The van der Waals surface area contributed by atoms with Crippen LogP contribution in [0.25, 0.3) is 10.9 Å². The molecular formula is C25H29FN4O2S. The summed E-state index contributed by atoms with van der Waals surface area (Å²) in [5.74, 6) is 0.662. The van der Waals surface area contributed by atoms with Gasteiger partial charge in [0.25, 0.3) is 0 Å². The number of hydrogen-bond acceptors (Lipinski definition) is 5. The molecule has 2 aromatic carbocycles. The van der Waals surface area contributed by atoms with E-state index in [0.29, 0.717) is 30.2 Å². The van der Waals surface area contributed by atoms with E-state index < -0.39 is 10.0 Å². The second-order valence-electron chi connectivity index (χ2n) is 8.91. The quantitative estimate of drug-likeness (QED) is 0.573. The summed E-state index contributed by atoms with van der Waals surface area (Å²) in [5.41, 5.74) is 1.41. The van der Waals surface area contributed by atoms with Gasteiger partial charge in [0.1, 0.15) is 11.6 Å². The largest absolute Gasteiger partial charge is 0.366 e. The lowest BCUT2D eigenvalue weighted by molar-refractivity contribution is 0.268. The minimum atomic E-state index is -3.51. The maximum absolute atomic E-state index is 14.1. The first-order valence-electron chi connectivity index (χ1n) is 11.6. The van der Waals surface area contributed by atoms with Gasteiger partial charge in [-0.3, -0.25) is 0 Å². The van der Waals surface area contributed by atoms with E-state index in [9.17, 15) is 12.8 Å². The summed E-state index contributed by atoms with van der Waals surface area (Å²) in [6.45, 7) is 5.48. The molecule has 8 heteroatoms. The van der Waals surface area contributed by atoms with Crippen molar-refractivity contribution < 1.29 is 12.8 Å². The molecule has 0 saturated carbocycles. The van der Waals surface area contributed by atoms with Crippen molar-refractivity contribution in [3.05, 3.63) is 60.4 Å². The third-order valence-electron chi connectivity index (χ3n) is 6.79. The number of aromatic nitrogens is 1. The van der Waals surface area contributed by atoms with Crippen LogP contribution in [0.2, 0.25) is 0 Å². The highest BCUT2D eigenvalue weighted by atomic mass is 32.2. The Morgan fingerprint density at radius 2 is 1.67 bits per heavy atom. The lowest BCUT2D eigenvalue weighted by atomic mass is 10.1. The zero-order chi connectivity index (χ0) is 23.0. The molecule has 0 N–H and O–H groups in total. The first kappa shape index (κ1) is 22.1. The van der Waals surface area contributed by atoms with Gasteiger partial charge < -0.3 is 9.80 Å². The Morgan fingerprint density at radius 3 is 2.42 bits per heavy atom. The van der Waals surface area contributed by atoms with Gasteiger partial charge in [0.05, 0.1) is 16.1 Å². The van der Waals surface area contributed by atoms with E-state index in [4.69, 9.17) is 4.98 Å². The van der Waals surface area contributed by atoms with Crippen molar-refractivity contribution in [1.82, 2.24) is 9.29 Å². The maximum Gasteiger partial charge on any atom is 0.243 e. The molecule has 2 fully saturated rings. The summed E-state index contributed by atoms with van der Waals surface area (Å²) in [6.07, 6.45) is 2.89. The molecule has 2 aliphatic rings. The number of fused-ring (bicyclic) bond motifs is 1. The lowest BCUT2D eigenvalue weighted by Gasteiger charge is -2.36. The van der Waals surface area contributed by atoms with Crippen LogP contribution in [0.15, 0.2) is 59.5 Å². The smallest absolute Gasteiger partial charge is 0.243 e. The van der Waals surface area contributed by atoms with E-state index in [1.807, 2.05) is 31.2 Å². The number of para-hydroxylation sites is 1. The van der Waals surface area contributed by atoms with Crippen LogP contribution in [-0.2, 0) is 10.0 Å². The van der Waals surface area contributed by atoms with Gasteiger partial charge in [-0.15, -0.1) is 0 Å². The third-order valence-corrected chi connectivity index (χ3v) is 8.80. The Bertz CT molecular complexity index is 1260. The summed E-state index contributed by atoms with van der Waals surface area (Å²) in [6, 6.07) is 16.0.